The molecule has 1 aromatic heterocycles. The number of hydrogen-bond acceptors (Lipinski definition) is 2. The van der Waals surface area contributed by atoms with E-state index in [1.807, 2.05) is 18.7 Å². The highest BCUT2D eigenvalue weighted by Crippen LogP contribution is 2.14. The topological polar surface area (TPSA) is 43.8 Å². The van der Waals surface area contributed by atoms with Crippen LogP contribution in [0.2, 0.25) is 0 Å². The lowest BCUT2D eigenvalue weighted by atomic mass is 10.1. The maximum atomic E-state index is 5.78. The number of aryl methyl sites for hydroxylation is 2. The number of hydrogen-bond donors (Lipinski definition) is 1. The molecule has 1 unspecified atom stereocenters. The average Bonchev–Trinajstić information content (AvgIpc) is 2.32. The summed E-state index contributed by atoms with van der Waals surface area (Å²) in [5.41, 5.74) is 8.11. The maximum absolute atomic E-state index is 5.78. The molecular formula is C9H17N3. The predicted molar refractivity (Wildman–Crippen MR) is 49.8 cm³/mol. The monoisotopic (exact) mass is 167 g/mol. The van der Waals surface area contributed by atoms with E-state index in [-0.39, 0.29) is 6.04 Å². The number of aromatic nitrogens is 2. The van der Waals surface area contributed by atoms with Crippen LogP contribution < -0.4 is 5.73 Å². The van der Waals surface area contributed by atoms with Crippen molar-refractivity contribution in [1.29, 1.82) is 0 Å². The standard InChI is InChI=1S/C9H17N3/c1-4-5-8-6-12(3)11-9(8)7(2)10/h6-7H,4-5,10H2,1-3H3. The second-order valence-electron chi connectivity index (χ2n) is 3.25. The minimum atomic E-state index is 0.0488. The van der Waals surface area contributed by atoms with Crippen molar-refractivity contribution in [3.63, 3.8) is 0 Å². The Morgan fingerprint density at radius 3 is 2.83 bits per heavy atom. The minimum Gasteiger partial charge on any atom is -0.323 e. The first-order valence-electron chi connectivity index (χ1n) is 4.43. The molecule has 1 atom stereocenters. The van der Waals surface area contributed by atoms with Crippen LogP contribution in [0.4, 0.5) is 0 Å². The average molecular weight is 167 g/mol. The van der Waals surface area contributed by atoms with Gasteiger partial charge in [0.1, 0.15) is 0 Å². The third-order valence-electron chi connectivity index (χ3n) is 1.89. The highest BCUT2D eigenvalue weighted by molar-refractivity contribution is 5.19. The van der Waals surface area contributed by atoms with Crippen molar-refractivity contribution in [3.8, 4) is 0 Å². The lowest BCUT2D eigenvalue weighted by Gasteiger charge is -2.02. The van der Waals surface area contributed by atoms with Crippen LogP contribution in [0, 0.1) is 0 Å². The molecule has 3 nitrogen and oxygen atoms in total. The zero-order chi connectivity index (χ0) is 9.14. The summed E-state index contributed by atoms with van der Waals surface area (Å²) in [6, 6.07) is 0.0488. The maximum Gasteiger partial charge on any atom is 0.0820 e. The quantitative estimate of drug-likeness (QED) is 0.739. The van der Waals surface area contributed by atoms with E-state index in [0.717, 1.165) is 18.5 Å². The Bertz CT molecular complexity index is 250. The Labute approximate surface area is 73.6 Å². The van der Waals surface area contributed by atoms with Crippen LogP contribution >= 0.6 is 0 Å². The molecule has 0 aliphatic carbocycles. The molecule has 0 saturated carbocycles. The third-order valence-corrected chi connectivity index (χ3v) is 1.89. The Morgan fingerprint density at radius 2 is 2.33 bits per heavy atom. The zero-order valence-corrected chi connectivity index (χ0v) is 8.04. The van der Waals surface area contributed by atoms with Gasteiger partial charge < -0.3 is 5.73 Å². The second-order valence-corrected chi connectivity index (χ2v) is 3.25. The van der Waals surface area contributed by atoms with Crippen LogP contribution in [0.5, 0.6) is 0 Å². The third kappa shape index (κ3) is 1.85. The Balaban J connectivity index is 2.92. The Hall–Kier alpha value is -0.830. The van der Waals surface area contributed by atoms with Crippen molar-refractivity contribution in [3.05, 3.63) is 17.5 Å². The Morgan fingerprint density at radius 1 is 1.67 bits per heavy atom. The van der Waals surface area contributed by atoms with Crippen LogP contribution in [0.25, 0.3) is 0 Å². The predicted octanol–water partition coefficient (Wildman–Crippen LogP) is 1.39. The molecule has 1 aromatic rings. The molecule has 2 N–H and O–H groups in total. The van der Waals surface area contributed by atoms with Gasteiger partial charge in [0.05, 0.1) is 5.69 Å². The summed E-state index contributed by atoms with van der Waals surface area (Å²) in [5.74, 6) is 0. The highest BCUT2D eigenvalue weighted by atomic mass is 15.3. The highest BCUT2D eigenvalue weighted by Gasteiger charge is 2.09. The normalized spacial score (nSPS) is 13.3. The van der Waals surface area contributed by atoms with Crippen molar-refractivity contribution >= 4 is 0 Å². The first kappa shape index (κ1) is 9.26. The van der Waals surface area contributed by atoms with Gasteiger partial charge in [-0.05, 0) is 18.9 Å². The van der Waals surface area contributed by atoms with E-state index in [4.69, 9.17) is 5.73 Å². The fourth-order valence-electron chi connectivity index (χ4n) is 1.40. The fraction of sp³-hybridized carbons (Fsp3) is 0.667. The van der Waals surface area contributed by atoms with Gasteiger partial charge in [0.25, 0.3) is 0 Å². The lowest BCUT2D eigenvalue weighted by molar-refractivity contribution is 0.696. The number of nitrogens with two attached hydrogens (primary N) is 1. The molecule has 0 fully saturated rings. The van der Waals surface area contributed by atoms with Gasteiger partial charge in [0, 0.05) is 19.3 Å². The summed E-state index contributed by atoms with van der Waals surface area (Å²) < 4.78 is 1.84. The summed E-state index contributed by atoms with van der Waals surface area (Å²) in [5, 5.41) is 4.32. The van der Waals surface area contributed by atoms with Gasteiger partial charge in [0.15, 0.2) is 0 Å². The molecule has 0 saturated heterocycles. The molecule has 1 heterocycles. The van der Waals surface area contributed by atoms with Crippen LogP contribution in [0.1, 0.15) is 37.6 Å². The number of nitrogens with zero attached hydrogens (tertiary/aromatic N) is 2. The van der Waals surface area contributed by atoms with E-state index >= 15 is 0 Å². The summed E-state index contributed by atoms with van der Waals surface area (Å²) in [7, 11) is 1.94. The molecule has 1 rings (SSSR count). The van der Waals surface area contributed by atoms with E-state index in [0.29, 0.717) is 0 Å². The lowest BCUT2D eigenvalue weighted by Crippen LogP contribution is -2.08. The largest absolute Gasteiger partial charge is 0.323 e. The molecule has 3 heteroatoms. The number of rotatable bonds is 3. The van der Waals surface area contributed by atoms with Gasteiger partial charge in [0.2, 0.25) is 0 Å². The van der Waals surface area contributed by atoms with Crippen LogP contribution in [0.3, 0.4) is 0 Å². The van der Waals surface area contributed by atoms with E-state index in [2.05, 4.69) is 18.2 Å². The van der Waals surface area contributed by atoms with Crippen LogP contribution in [-0.4, -0.2) is 9.78 Å². The van der Waals surface area contributed by atoms with Crippen molar-refractivity contribution in [2.24, 2.45) is 12.8 Å². The van der Waals surface area contributed by atoms with Gasteiger partial charge in [-0.25, -0.2) is 0 Å². The van der Waals surface area contributed by atoms with Gasteiger partial charge >= 0.3 is 0 Å². The fourth-order valence-corrected chi connectivity index (χ4v) is 1.40. The Kier molecular flexibility index (Phi) is 2.87. The van der Waals surface area contributed by atoms with Crippen LogP contribution in [0.15, 0.2) is 6.20 Å². The van der Waals surface area contributed by atoms with Crippen molar-refractivity contribution in [2.75, 3.05) is 0 Å². The summed E-state index contributed by atoms with van der Waals surface area (Å²) in [4.78, 5) is 0. The molecule has 0 aliphatic rings. The van der Waals surface area contributed by atoms with Crippen molar-refractivity contribution in [2.45, 2.75) is 32.7 Å². The van der Waals surface area contributed by atoms with Gasteiger partial charge in [-0.1, -0.05) is 13.3 Å². The zero-order valence-electron chi connectivity index (χ0n) is 8.04. The molecule has 12 heavy (non-hydrogen) atoms. The second kappa shape index (κ2) is 3.72. The SMILES string of the molecule is CCCc1cn(C)nc1C(C)N. The van der Waals surface area contributed by atoms with Crippen molar-refractivity contribution in [1.82, 2.24) is 9.78 Å². The van der Waals surface area contributed by atoms with Gasteiger partial charge in [-0.3, -0.25) is 4.68 Å². The molecule has 68 valence electrons. The van der Waals surface area contributed by atoms with Gasteiger partial charge in [-0.15, -0.1) is 0 Å². The summed E-state index contributed by atoms with van der Waals surface area (Å²) in [6.07, 6.45) is 4.28. The van der Waals surface area contributed by atoms with E-state index < -0.39 is 0 Å². The molecular weight excluding hydrogens is 150 g/mol. The smallest absolute Gasteiger partial charge is 0.0820 e. The molecule has 0 aliphatic heterocycles. The van der Waals surface area contributed by atoms with Gasteiger partial charge in [-0.2, -0.15) is 5.10 Å². The molecule has 0 radical (unpaired) electrons. The van der Waals surface area contributed by atoms with E-state index in [9.17, 15) is 0 Å². The molecule has 0 spiro atoms. The first-order chi connectivity index (χ1) is 5.65. The van der Waals surface area contributed by atoms with Crippen LogP contribution in [-0.2, 0) is 13.5 Å². The molecule has 0 bridgehead atoms. The van der Waals surface area contributed by atoms with E-state index in [1.165, 1.54) is 5.56 Å². The van der Waals surface area contributed by atoms with E-state index in [1.54, 1.807) is 0 Å². The first-order valence-corrected chi connectivity index (χ1v) is 4.43. The minimum absolute atomic E-state index is 0.0488. The van der Waals surface area contributed by atoms with Crippen molar-refractivity contribution < 1.29 is 0 Å². The summed E-state index contributed by atoms with van der Waals surface area (Å²) >= 11 is 0. The summed E-state index contributed by atoms with van der Waals surface area (Å²) in [6.45, 7) is 4.14. The molecule has 0 amide bonds. The molecule has 0 aromatic carbocycles.